The molecule has 3 aromatic rings. The first-order valence-corrected chi connectivity index (χ1v) is 9.81. The van der Waals surface area contributed by atoms with Crippen LogP contribution in [-0.4, -0.2) is 45.7 Å². The molecule has 0 saturated heterocycles. The Morgan fingerprint density at radius 2 is 1.82 bits per heavy atom. The number of amides is 1. The van der Waals surface area contributed by atoms with Crippen LogP contribution in [0.1, 0.15) is 23.1 Å². The summed E-state index contributed by atoms with van der Waals surface area (Å²) in [6, 6.07) is 17.3. The minimum atomic E-state index is -0.0707. The van der Waals surface area contributed by atoms with Crippen molar-refractivity contribution in [1.29, 1.82) is 0 Å². The van der Waals surface area contributed by atoms with E-state index in [0.29, 0.717) is 17.9 Å². The number of aromatic nitrogens is 4. The lowest BCUT2D eigenvalue weighted by atomic mass is 10.2. The maximum Gasteiger partial charge on any atom is 0.252 e. The van der Waals surface area contributed by atoms with Crippen LogP contribution in [0.25, 0.3) is 5.69 Å². The van der Waals surface area contributed by atoms with Crippen LogP contribution in [0.3, 0.4) is 0 Å². The lowest BCUT2D eigenvalue weighted by molar-refractivity contribution is 0.0951. The van der Waals surface area contributed by atoms with Gasteiger partial charge in [-0.25, -0.2) is 0 Å². The smallest absolute Gasteiger partial charge is 0.252 e. The largest absolute Gasteiger partial charge is 0.351 e. The van der Waals surface area contributed by atoms with Crippen LogP contribution in [0.2, 0.25) is 0 Å². The van der Waals surface area contributed by atoms with E-state index >= 15 is 0 Å². The summed E-state index contributed by atoms with van der Waals surface area (Å²) in [6.45, 7) is 4.27. The summed E-state index contributed by atoms with van der Waals surface area (Å²) in [5.41, 5.74) is 1.57. The first-order valence-electron chi connectivity index (χ1n) is 8.83. The molecule has 28 heavy (non-hydrogen) atoms. The fourth-order valence-electron chi connectivity index (χ4n) is 2.52. The Morgan fingerprint density at radius 3 is 2.61 bits per heavy atom. The van der Waals surface area contributed by atoms with Gasteiger partial charge in [0.15, 0.2) is 5.82 Å². The van der Waals surface area contributed by atoms with Crippen molar-refractivity contribution in [3.63, 3.8) is 0 Å². The summed E-state index contributed by atoms with van der Waals surface area (Å²) in [6.07, 6.45) is 0. The first kappa shape index (κ1) is 21.9. The second-order valence-corrected chi connectivity index (χ2v) is 6.75. The lowest BCUT2D eigenvalue weighted by Crippen LogP contribution is -2.31. The Morgan fingerprint density at radius 1 is 1.07 bits per heavy atom. The molecule has 0 unspecified atom stereocenters. The van der Waals surface area contributed by atoms with Crippen molar-refractivity contribution in [2.24, 2.45) is 0 Å². The molecule has 0 spiro atoms. The molecule has 0 radical (unpaired) electrons. The van der Waals surface area contributed by atoms with Gasteiger partial charge >= 0.3 is 0 Å². The number of tetrazole rings is 1. The van der Waals surface area contributed by atoms with Gasteiger partial charge in [0.1, 0.15) is 0 Å². The molecule has 0 aliphatic rings. The minimum absolute atomic E-state index is 0. The van der Waals surface area contributed by atoms with Crippen LogP contribution < -0.4 is 10.6 Å². The van der Waals surface area contributed by atoms with Crippen molar-refractivity contribution in [2.75, 3.05) is 19.6 Å². The van der Waals surface area contributed by atoms with E-state index < -0.39 is 0 Å². The third kappa shape index (κ3) is 5.79. The highest BCUT2D eigenvalue weighted by atomic mass is 35.5. The molecule has 0 saturated carbocycles. The molecule has 1 amide bonds. The molecule has 7 nitrogen and oxygen atoms in total. The topological polar surface area (TPSA) is 84.7 Å². The van der Waals surface area contributed by atoms with Crippen LogP contribution in [0.15, 0.2) is 59.5 Å². The molecule has 2 N–H and O–H groups in total. The monoisotopic (exact) mass is 418 g/mol. The molecule has 148 valence electrons. The predicted octanol–water partition coefficient (Wildman–Crippen LogP) is 2.72. The van der Waals surface area contributed by atoms with Gasteiger partial charge in [-0.1, -0.05) is 37.3 Å². The number of nitrogens with zero attached hydrogens (tertiary/aromatic N) is 4. The molecule has 9 heteroatoms. The van der Waals surface area contributed by atoms with Gasteiger partial charge in [-0.05, 0) is 41.2 Å². The van der Waals surface area contributed by atoms with E-state index in [2.05, 4.69) is 26.2 Å². The Labute approximate surface area is 174 Å². The number of carbonyl (C=O) groups is 1. The third-order valence-electron chi connectivity index (χ3n) is 3.86. The van der Waals surface area contributed by atoms with Gasteiger partial charge in [-0.15, -0.1) is 29.3 Å². The zero-order chi connectivity index (χ0) is 18.9. The zero-order valence-electron chi connectivity index (χ0n) is 15.5. The Hall–Kier alpha value is -2.42. The summed E-state index contributed by atoms with van der Waals surface area (Å²) < 4.78 is 1.71. The van der Waals surface area contributed by atoms with E-state index in [0.717, 1.165) is 29.5 Å². The average Bonchev–Trinajstić information content (AvgIpc) is 3.19. The van der Waals surface area contributed by atoms with Crippen molar-refractivity contribution in [2.45, 2.75) is 17.6 Å². The lowest BCUT2D eigenvalue weighted by Gasteiger charge is -2.10. The van der Waals surface area contributed by atoms with Crippen molar-refractivity contribution >= 4 is 30.1 Å². The molecule has 2 aromatic carbocycles. The Bertz CT molecular complexity index is 874. The molecule has 1 heterocycles. The highest BCUT2D eigenvalue weighted by molar-refractivity contribution is 7.98. The molecular formula is C19H23ClN6OS. The van der Waals surface area contributed by atoms with E-state index in [-0.39, 0.29) is 18.3 Å². The van der Waals surface area contributed by atoms with Crippen molar-refractivity contribution in [3.8, 4) is 5.69 Å². The van der Waals surface area contributed by atoms with Gasteiger partial charge in [0.2, 0.25) is 0 Å². The van der Waals surface area contributed by atoms with Gasteiger partial charge in [-0.3, -0.25) is 4.79 Å². The molecular weight excluding hydrogens is 396 g/mol. The molecule has 0 fully saturated rings. The highest BCUT2D eigenvalue weighted by Gasteiger charge is 2.13. The standard InChI is InChI=1S/C19H22N6OS.ClH/c1-2-20-12-13-21-19(26)16-10-6-7-11-17(16)27-14-18-22-23-24-25(18)15-8-4-3-5-9-15;/h3-11,20H,2,12-14H2,1H3,(H,21,26);1H. The van der Waals surface area contributed by atoms with Gasteiger partial charge in [-0.2, -0.15) is 4.68 Å². The van der Waals surface area contributed by atoms with Crippen molar-refractivity contribution < 1.29 is 4.79 Å². The molecule has 0 atom stereocenters. The minimum Gasteiger partial charge on any atom is -0.351 e. The molecule has 0 bridgehead atoms. The number of likely N-dealkylation sites (N-methyl/N-ethyl adjacent to an activating group) is 1. The van der Waals surface area contributed by atoms with E-state index in [4.69, 9.17) is 0 Å². The van der Waals surface area contributed by atoms with Crippen molar-refractivity contribution in [1.82, 2.24) is 30.8 Å². The summed E-state index contributed by atoms with van der Waals surface area (Å²) in [4.78, 5) is 13.4. The van der Waals surface area contributed by atoms with E-state index in [9.17, 15) is 4.79 Å². The average molecular weight is 419 g/mol. The first-order chi connectivity index (χ1) is 13.3. The van der Waals surface area contributed by atoms with Gasteiger partial charge in [0, 0.05) is 18.0 Å². The second kappa shape index (κ2) is 11.4. The summed E-state index contributed by atoms with van der Waals surface area (Å²) in [5.74, 6) is 1.22. The molecule has 0 aliphatic heterocycles. The van der Waals surface area contributed by atoms with E-state index in [1.165, 1.54) is 0 Å². The highest BCUT2D eigenvalue weighted by Crippen LogP contribution is 2.26. The fourth-order valence-corrected chi connectivity index (χ4v) is 3.48. The number of rotatable bonds is 9. The van der Waals surface area contributed by atoms with Crippen LogP contribution >= 0.6 is 24.2 Å². The number of carbonyl (C=O) groups excluding carboxylic acids is 1. The molecule has 0 aliphatic carbocycles. The number of hydrogen-bond donors (Lipinski definition) is 2. The maximum absolute atomic E-state index is 12.5. The number of benzene rings is 2. The van der Waals surface area contributed by atoms with Crippen LogP contribution in [0, 0.1) is 0 Å². The van der Waals surface area contributed by atoms with Crippen LogP contribution in [-0.2, 0) is 5.75 Å². The molecule has 3 rings (SSSR count). The fraction of sp³-hybridized carbons (Fsp3) is 0.263. The zero-order valence-corrected chi connectivity index (χ0v) is 17.2. The third-order valence-corrected chi connectivity index (χ3v) is 4.93. The number of thioether (sulfide) groups is 1. The number of hydrogen-bond acceptors (Lipinski definition) is 6. The van der Waals surface area contributed by atoms with Crippen LogP contribution in [0.5, 0.6) is 0 Å². The second-order valence-electron chi connectivity index (χ2n) is 5.74. The Balaban J connectivity index is 0.00000280. The van der Waals surface area contributed by atoms with Gasteiger partial charge < -0.3 is 10.6 Å². The normalized spacial score (nSPS) is 10.3. The summed E-state index contributed by atoms with van der Waals surface area (Å²) >= 11 is 1.55. The number of para-hydroxylation sites is 1. The van der Waals surface area contributed by atoms with Crippen LogP contribution in [0.4, 0.5) is 0 Å². The predicted molar refractivity (Wildman–Crippen MR) is 113 cm³/mol. The Kier molecular flexibility index (Phi) is 8.93. The SMILES string of the molecule is CCNCCNC(=O)c1ccccc1SCc1nnnn1-c1ccccc1.Cl. The maximum atomic E-state index is 12.5. The van der Waals surface area contributed by atoms with Crippen molar-refractivity contribution in [3.05, 3.63) is 66.0 Å². The number of halogens is 1. The van der Waals surface area contributed by atoms with E-state index in [1.54, 1.807) is 16.4 Å². The summed E-state index contributed by atoms with van der Waals surface area (Å²) in [7, 11) is 0. The quantitative estimate of drug-likeness (QED) is 0.410. The molecule has 1 aromatic heterocycles. The van der Waals surface area contributed by atoms with Gasteiger partial charge in [0.05, 0.1) is 17.0 Å². The van der Waals surface area contributed by atoms with E-state index in [1.807, 2.05) is 61.5 Å². The van der Waals surface area contributed by atoms with Gasteiger partial charge in [0.25, 0.3) is 5.91 Å². The summed E-state index contributed by atoms with van der Waals surface area (Å²) in [5, 5.41) is 18.1. The number of nitrogens with one attached hydrogen (secondary N) is 2.